The van der Waals surface area contributed by atoms with Gasteiger partial charge in [0.15, 0.2) is 0 Å². The molecular weight excluding hydrogens is 354 g/mol. The zero-order chi connectivity index (χ0) is 17.6. The first kappa shape index (κ1) is 17.3. The van der Waals surface area contributed by atoms with Crippen molar-refractivity contribution in [3.63, 3.8) is 0 Å². The number of halogens is 1. The summed E-state index contributed by atoms with van der Waals surface area (Å²) in [5, 5.41) is 13.5. The van der Waals surface area contributed by atoms with Gasteiger partial charge in [0, 0.05) is 22.5 Å². The summed E-state index contributed by atoms with van der Waals surface area (Å²) >= 11 is 7.73. The molecule has 2 aromatic carbocycles. The Hall–Kier alpha value is -2.55. The fourth-order valence-corrected chi connectivity index (χ4v) is 3.49. The zero-order valence-corrected chi connectivity index (χ0v) is 14.8. The van der Waals surface area contributed by atoms with E-state index in [9.17, 15) is 4.79 Å². The van der Waals surface area contributed by atoms with Crippen molar-refractivity contribution in [1.82, 2.24) is 4.98 Å². The predicted octanol–water partition coefficient (Wildman–Crippen LogP) is 5.15. The predicted molar refractivity (Wildman–Crippen MR) is 102 cm³/mol. The fourth-order valence-electron chi connectivity index (χ4n) is 2.36. The lowest BCUT2D eigenvalue weighted by Crippen LogP contribution is -2.14. The van der Waals surface area contributed by atoms with Crippen molar-refractivity contribution in [2.75, 3.05) is 11.1 Å². The number of carbonyl (C=O) groups is 1. The average Bonchev–Trinajstić information content (AvgIpc) is 2.63. The minimum Gasteiger partial charge on any atom is -0.320 e. The maximum Gasteiger partial charge on any atom is 0.274 e. The van der Waals surface area contributed by atoms with Crippen LogP contribution < -0.4 is 5.32 Å². The van der Waals surface area contributed by atoms with Gasteiger partial charge in [-0.25, -0.2) is 4.98 Å². The number of aromatic nitrogens is 1. The van der Waals surface area contributed by atoms with Crippen molar-refractivity contribution in [1.29, 1.82) is 5.26 Å². The molecule has 1 aromatic heterocycles. The van der Waals surface area contributed by atoms with Crippen molar-refractivity contribution in [2.24, 2.45) is 0 Å². The number of anilines is 1. The fraction of sp³-hybridized carbons (Fsp3) is 0.105. The quantitative estimate of drug-likeness (QED) is 0.385. The van der Waals surface area contributed by atoms with E-state index in [1.54, 1.807) is 6.07 Å². The van der Waals surface area contributed by atoms with Gasteiger partial charge in [0.2, 0.25) is 0 Å². The van der Waals surface area contributed by atoms with E-state index >= 15 is 0 Å². The van der Waals surface area contributed by atoms with Crippen LogP contribution in [0, 0.1) is 11.3 Å². The highest BCUT2D eigenvalue weighted by Crippen LogP contribution is 2.28. The summed E-state index contributed by atoms with van der Waals surface area (Å²) < 4.78 is 0. The number of para-hydroxylation sites is 1. The molecule has 124 valence electrons. The van der Waals surface area contributed by atoms with Gasteiger partial charge in [0.05, 0.1) is 11.8 Å². The van der Waals surface area contributed by atoms with Crippen LogP contribution in [0.2, 0.25) is 5.15 Å². The van der Waals surface area contributed by atoms with E-state index < -0.39 is 0 Å². The Morgan fingerprint density at radius 2 is 1.96 bits per heavy atom. The van der Waals surface area contributed by atoms with Crippen LogP contribution in [0.4, 0.5) is 5.69 Å². The molecule has 3 aromatic rings. The molecule has 0 bridgehead atoms. The second-order valence-electron chi connectivity index (χ2n) is 5.23. The summed E-state index contributed by atoms with van der Waals surface area (Å²) in [6.07, 6.45) is 0.453. The van der Waals surface area contributed by atoms with Crippen molar-refractivity contribution < 1.29 is 4.79 Å². The third-order valence-corrected chi connectivity index (χ3v) is 4.90. The molecule has 0 aliphatic rings. The summed E-state index contributed by atoms with van der Waals surface area (Å²) in [5.74, 6) is 0.352. The van der Waals surface area contributed by atoms with E-state index in [-0.39, 0.29) is 11.6 Å². The summed E-state index contributed by atoms with van der Waals surface area (Å²) in [5.41, 5.74) is 0.960. The second-order valence-corrected chi connectivity index (χ2v) is 6.72. The number of fused-ring (bicyclic) bond motifs is 1. The van der Waals surface area contributed by atoms with Crippen LogP contribution in [-0.2, 0) is 0 Å². The van der Waals surface area contributed by atoms with E-state index in [2.05, 4.69) is 16.4 Å². The van der Waals surface area contributed by atoms with Gasteiger partial charge in [-0.3, -0.25) is 4.79 Å². The minimum absolute atomic E-state index is 0.264. The Labute approximate surface area is 154 Å². The number of pyridine rings is 1. The molecule has 0 fully saturated rings. The van der Waals surface area contributed by atoms with Crippen LogP contribution >= 0.6 is 23.4 Å². The topological polar surface area (TPSA) is 65.8 Å². The van der Waals surface area contributed by atoms with E-state index in [1.165, 1.54) is 11.8 Å². The number of carbonyl (C=O) groups excluding carboxylic acids is 1. The Kier molecular flexibility index (Phi) is 5.54. The molecule has 0 radical (unpaired) electrons. The smallest absolute Gasteiger partial charge is 0.274 e. The van der Waals surface area contributed by atoms with Gasteiger partial charge in [-0.2, -0.15) is 5.26 Å². The molecule has 1 N–H and O–H groups in total. The molecule has 0 saturated heterocycles. The van der Waals surface area contributed by atoms with E-state index in [1.807, 2.05) is 48.5 Å². The lowest BCUT2D eigenvalue weighted by Gasteiger charge is -2.10. The van der Waals surface area contributed by atoms with Gasteiger partial charge >= 0.3 is 0 Å². The Bertz CT molecular complexity index is 968. The van der Waals surface area contributed by atoms with Crippen molar-refractivity contribution in [3.05, 3.63) is 65.4 Å². The van der Waals surface area contributed by atoms with E-state index in [4.69, 9.17) is 16.9 Å². The van der Waals surface area contributed by atoms with Crippen LogP contribution in [0.3, 0.4) is 0 Å². The zero-order valence-electron chi connectivity index (χ0n) is 13.2. The van der Waals surface area contributed by atoms with Crippen LogP contribution in [-0.4, -0.2) is 16.6 Å². The molecule has 4 nitrogen and oxygen atoms in total. The standard InChI is InChI=1S/C19H14ClN3OS/c20-18-14-7-2-1-6-13(14)12-16(22-18)19(24)23-15-8-3-4-9-17(15)25-11-5-10-21/h1-4,6-9,12H,5,11H2,(H,23,24). The number of hydrogen-bond donors (Lipinski definition) is 1. The van der Waals surface area contributed by atoms with E-state index in [0.29, 0.717) is 23.0 Å². The highest BCUT2D eigenvalue weighted by molar-refractivity contribution is 7.99. The molecule has 0 saturated carbocycles. The Balaban J connectivity index is 1.85. The lowest BCUT2D eigenvalue weighted by molar-refractivity contribution is 0.102. The van der Waals surface area contributed by atoms with Crippen molar-refractivity contribution in [3.8, 4) is 6.07 Å². The molecule has 0 unspecified atom stereocenters. The molecule has 1 amide bonds. The third-order valence-electron chi connectivity index (χ3n) is 3.53. The molecule has 6 heteroatoms. The average molecular weight is 368 g/mol. The van der Waals surface area contributed by atoms with Crippen molar-refractivity contribution in [2.45, 2.75) is 11.3 Å². The maximum absolute atomic E-state index is 12.6. The molecule has 0 atom stereocenters. The summed E-state index contributed by atoms with van der Waals surface area (Å²) in [6.45, 7) is 0. The molecule has 3 rings (SSSR count). The number of nitrogens with zero attached hydrogens (tertiary/aromatic N) is 2. The second kappa shape index (κ2) is 8.02. The van der Waals surface area contributed by atoms with Crippen LogP contribution in [0.25, 0.3) is 10.8 Å². The first-order chi connectivity index (χ1) is 12.2. The normalized spacial score (nSPS) is 10.4. The minimum atomic E-state index is -0.319. The van der Waals surface area contributed by atoms with Crippen LogP contribution in [0.1, 0.15) is 16.9 Å². The van der Waals surface area contributed by atoms with Gasteiger partial charge in [-0.05, 0) is 23.6 Å². The van der Waals surface area contributed by atoms with Crippen molar-refractivity contribution >= 4 is 45.7 Å². The number of rotatable bonds is 5. The number of amides is 1. The summed E-state index contributed by atoms with van der Waals surface area (Å²) in [6, 6.07) is 18.9. The monoisotopic (exact) mass is 367 g/mol. The van der Waals surface area contributed by atoms with Gasteiger partial charge in [0.25, 0.3) is 5.91 Å². The largest absolute Gasteiger partial charge is 0.320 e. The summed E-state index contributed by atoms with van der Waals surface area (Å²) in [7, 11) is 0. The third kappa shape index (κ3) is 4.11. The summed E-state index contributed by atoms with van der Waals surface area (Å²) in [4.78, 5) is 17.7. The Morgan fingerprint density at radius 3 is 2.80 bits per heavy atom. The van der Waals surface area contributed by atoms with E-state index in [0.717, 1.165) is 15.7 Å². The van der Waals surface area contributed by atoms with Crippen LogP contribution in [0.5, 0.6) is 0 Å². The van der Waals surface area contributed by atoms with Crippen LogP contribution in [0.15, 0.2) is 59.5 Å². The molecule has 1 heterocycles. The number of thioether (sulfide) groups is 1. The number of nitrogens with one attached hydrogen (secondary N) is 1. The number of nitriles is 1. The first-order valence-electron chi connectivity index (χ1n) is 7.64. The number of hydrogen-bond acceptors (Lipinski definition) is 4. The molecule has 0 aliphatic heterocycles. The van der Waals surface area contributed by atoms with Gasteiger partial charge in [-0.1, -0.05) is 48.0 Å². The van der Waals surface area contributed by atoms with Gasteiger partial charge < -0.3 is 5.32 Å². The molecular formula is C19H14ClN3OS. The maximum atomic E-state index is 12.6. The Morgan fingerprint density at radius 1 is 1.20 bits per heavy atom. The number of benzene rings is 2. The van der Waals surface area contributed by atoms with Gasteiger partial charge in [0.1, 0.15) is 10.8 Å². The SMILES string of the molecule is N#CCCSc1ccccc1NC(=O)c1cc2ccccc2c(Cl)n1. The molecule has 0 spiro atoms. The highest BCUT2D eigenvalue weighted by atomic mass is 35.5. The highest BCUT2D eigenvalue weighted by Gasteiger charge is 2.13. The molecule has 0 aliphatic carbocycles. The lowest BCUT2D eigenvalue weighted by atomic mass is 10.1. The molecule has 25 heavy (non-hydrogen) atoms. The first-order valence-corrected chi connectivity index (χ1v) is 9.01. The van der Waals surface area contributed by atoms with Gasteiger partial charge in [-0.15, -0.1) is 11.8 Å².